The van der Waals surface area contributed by atoms with E-state index in [0.717, 1.165) is 12.4 Å². The zero-order chi connectivity index (χ0) is 12.2. The number of aromatic nitrogens is 3. The lowest BCUT2D eigenvalue weighted by Gasteiger charge is -2.25. The van der Waals surface area contributed by atoms with Gasteiger partial charge in [-0.3, -0.25) is 0 Å². The Morgan fingerprint density at radius 2 is 2.12 bits per heavy atom. The maximum absolute atomic E-state index is 4.29. The minimum atomic E-state index is 0.169. The quantitative estimate of drug-likeness (QED) is 0.807. The molecule has 0 amide bonds. The highest BCUT2D eigenvalue weighted by Gasteiger charge is 2.17. The van der Waals surface area contributed by atoms with Crippen molar-refractivity contribution < 1.29 is 0 Å². The molecule has 0 bridgehead atoms. The average molecular weight is 224 g/mol. The molecule has 1 aromatic heterocycles. The maximum Gasteiger partial charge on any atom is 0.141 e. The Morgan fingerprint density at radius 1 is 1.44 bits per heavy atom. The van der Waals surface area contributed by atoms with Crippen molar-refractivity contribution in [2.75, 3.05) is 0 Å². The first-order valence-corrected chi connectivity index (χ1v) is 6.09. The van der Waals surface area contributed by atoms with Crippen molar-refractivity contribution in [1.82, 2.24) is 20.1 Å². The van der Waals surface area contributed by atoms with Gasteiger partial charge in [0.15, 0.2) is 0 Å². The molecule has 0 saturated carbocycles. The van der Waals surface area contributed by atoms with Gasteiger partial charge in [-0.05, 0) is 34.1 Å². The van der Waals surface area contributed by atoms with E-state index < -0.39 is 0 Å². The van der Waals surface area contributed by atoms with E-state index in [-0.39, 0.29) is 5.54 Å². The molecular weight excluding hydrogens is 200 g/mol. The molecule has 0 fully saturated rings. The van der Waals surface area contributed by atoms with Gasteiger partial charge < -0.3 is 5.32 Å². The zero-order valence-electron chi connectivity index (χ0n) is 11.1. The van der Waals surface area contributed by atoms with Gasteiger partial charge in [-0.1, -0.05) is 13.3 Å². The minimum absolute atomic E-state index is 0.169. The number of nitrogens with zero attached hydrogens (tertiary/aromatic N) is 3. The highest BCUT2D eigenvalue weighted by molar-refractivity contribution is 4.88. The van der Waals surface area contributed by atoms with Crippen LogP contribution >= 0.6 is 0 Å². The molecular formula is C12H24N4. The molecule has 0 aromatic carbocycles. The fourth-order valence-electron chi connectivity index (χ4n) is 1.86. The lowest BCUT2D eigenvalue weighted by molar-refractivity contribution is 0.345. The van der Waals surface area contributed by atoms with Gasteiger partial charge in [0.05, 0.1) is 6.54 Å². The monoisotopic (exact) mass is 224 g/mol. The lowest BCUT2D eigenvalue weighted by Crippen LogP contribution is -2.39. The van der Waals surface area contributed by atoms with Crippen LogP contribution in [0.1, 0.15) is 59.3 Å². The Balaban J connectivity index is 2.57. The smallest absolute Gasteiger partial charge is 0.141 e. The summed E-state index contributed by atoms with van der Waals surface area (Å²) < 4.78 is 1.97. The van der Waals surface area contributed by atoms with Crippen LogP contribution in [0, 0.1) is 0 Å². The van der Waals surface area contributed by atoms with Crippen molar-refractivity contribution in [3.05, 3.63) is 12.2 Å². The zero-order valence-corrected chi connectivity index (χ0v) is 11.1. The van der Waals surface area contributed by atoms with Crippen molar-refractivity contribution in [2.24, 2.45) is 0 Å². The predicted octanol–water partition coefficient (Wildman–Crippen LogP) is 2.53. The topological polar surface area (TPSA) is 42.7 Å². The van der Waals surface area contributed by atoms with Gasteiger partial charge in [-0.15, -0.1) is 0 Å². The fraction of sp³-hybridized carbons (Fsp3) is 0.833. The van der Waals surface area contributed by atoms with E-state index in [4.69, 9.17) is 0 Å². The van der Waals surface area contributed by atoms with E-state index in [9.17, 15) is 0 Å². The third-order valence-corrected chi connectivity index (χ3v) is 2.74. The van der Waals surface area contributed by atoms with E-state index in [1.807, 2.05) is 4.68 Å². The second kappa shape index (κ2) is 5.43. The molecule has 1 rings (SSSR count). The molecule has 4 nitrogen and oxygen atoms in total. The summed E-state index contributed by atoms with van der Waals surface area (Å²) in [6, 6.07) is 0.369. The van der Waals surface area contributed by atoms with Crippen LogP contribution in [-0.4, -0.2) is 20.3 Å². The molecule has 0 aliphatic rings. The molecule has 1 heterocycles. The van der Waals surface area contributed by atoms with Crippen LogP contribution in [0.25, 0.3) is 0 Å². The third kappa shape index (κ3) is 3.59. The number of hydrogen-bond donors (Lipinski definition) is 1. The van der Waals surface area contributed by atoms with Crippen LogP contribution in [0.3, 0.4) is 0 Å². The molecule has 0 saturated heterocycles. The van der Waals surface area contributed by atoms with E-state index in [2.05, 4.69) is 50.0 Å². The molecule has 4 heteroatoms. The van der Waals surface area contributed by atoms with Crippen LogP contribution in [0.5, 0.6) is 0 Å². The molecule has 0 aliphatic carbocycles. The van der Waals surface area contributed by atoms with Crippen molar-refractivity contribution in [3.8, 4) is 0 Å². The maximum atomic E-state index is 4.29. The van der Waals surface area contributed by atoms with E-state index >= 15 is 0 Å². The number of rotatable bonds is 6. The second-order valence-corrected chi connectivity index (χ2v) is 5.20. The van der Waals surface area contributed by atoms with Crippen LogP contribution in [-0.2, 0) is 6.54 Å². The first-order valence-electron chi connectivity index (χ1n) is 6.09. The van der Waals surface area contributed by atoms with E-state index in [1.165, 1.54) is 12.8 Å². The summed E-state index contributed by atoms with van der Waals surface area (Å²) in [6.07, 6.45) is 3.99. The summed E-state index contributed by atoms with van der Waals surface area (Å²) in [5, 5.41) is 7.76. The molecule has 0 aliphatic heterocycles. The van der Waals surface area contributed by atoms with Gasteiger partial charge in [-0.2, -0.15) is 5.10 Å². The highest BCUT2D eigenvalue weighted by Crippen LogP contribution is 2.12. The van der Waals surface area contributed by atoms with Gasteiger partial charge in [0, 0.05) is 11.6 Å². The van der Waals surface area contributed by atoms with Crippen LogP contribution in [0.15, 0.2) is 6.33 Å². The first kappa shape index (κ1) is 13.2. The van der Waals surface area contributed by atoms with Gasteiger partial charge in [0.1, 0.15) is 12.2 Å². The Morgan fingerprint density at radius 3 is 2.69 bits per heavy atom. The van der Waals surface area contributed by atoms with Crippen LogP contribution in [0.2, 0.25) is 0 Å². The Labute approximate surface area is 98.5 Å². The molecule has 1 aromatic rings. The summed E-state index contributed by atoms with van der Waals surface area (Å²) >= 11 is 0. The first-order chi connectivity index (χ1) is 7.46. The Kier molecular flexibility index (Phi) is 4.47. The largest absolute Gasteiger partial charge is 0.305 e. The van der Waals surface area contributed by atoms with Crippen molar-refractivity contribution in [2.45, 2.75) is 65.6 Å². The fourth-order valence-corrected chi connectivity index (χ4v) is 1.86. The molecule has 0 unspecified atom stereocenters. The summed E-state index contributed by atoms with van der Waals surface area (Å²) in [4.78, 5) is 4.29. The van der Waals surface area contributed by atoms with E-state index in [1.54, 1.807) is 6.33 Å². The lowest BCUT2D eigenvalue weighted by atomic mass is 9.99. The molecule has 0 atom stereocenters. The Bertz CT molecular complexity index is 315. The third-order valence-electron chi connectivity index (χ3n) is 2.74. The van der Waals surface area contributed by atoms with Gasteiger partial charge in [-0.25, -0.2) is 9.67 Å². The van der Waals surface area contributed by atoms with Crippen molar-refractivity contribution in [1.29, 1.82) is 0 Å². The normalized spacial score (nSPS) is 12.4. The highest BCUT2D eigenvalue weighted by atomic mass is 15.4. The van der Waals surface area contributed by atoms with Crippen LogP contribution in [0.4, 0.5) is 0 Å². The number of hydrogen-bond acceptors (Lipinski definition) is 3. The molecule has 0 spiro atoms. The summed E-state index contributed by atoms with van der Waals surface area (Å²) in [7, 11) is 0. The molecule has 1 N–H and O–H groups in total. The van der Waals surface area contributed by atoms with Crippen molar-refractivity contribution >= 4 is 0 Å². The number of nitrogens with one attached hydrogen (secondary N) is 1. The SMILES string of the molecule is CCCC(C)(C)NCc1ncnn1C(C)C. The standard InChI is InChI=1S/C12H24N4/c1-6-7-12(4,5)14-8-11-13-9-15-16(11)10(2)3/h9-10,14H,6-8H2,1-5H3. The van der Waals surface area contributed by atoms with Gasteiger partial charge >= 0.3 is 0 Å². The van der Waals surface area contributed by atoms with E-state index in [0.29, 0.717) is 6.04 Å². The molecule has 92 valence electrons. The second-order valence-electron chi connectivity index (χ2n) is 5.20. The summed E-state index contributed by atoms with van der Waals surface area (Å²) in [5.74, 6) is 1.01. The van der Waals surface area contributed by atoms with Crippen molar-refractivity contribution in [3.63, 3.8) is 0 Å². The average Bonchev–Trinajstić information content (AvgIpc) is 2.62. The van der Waals surface area contributed by atoms with Gasteiger partial charge in [0.2, 0.25) is 0 Å². The Hall–Kier alpha value is -0.900. The molecule has 16 heavy (non-hydrogen) atoms. The minimum Gasteiger partial charge on any atom is -0.305 e. The molecule has 0 radical (unpaired) electrons. The van der Waals surface area contributed by atoms with Crippen LogP contribution < -0.4 is 5.32 Å². The summed E-state index contributed by atoms with van der Waals surface area (Å²) in [5.41, 5.74) is 0.169. The summed E-state index contributed by atoms with van der Waals surface area (Å²) in [6.45, 7) is 11.7. The predicted molar refractivity (Wildman–Crippen MR) is 66.2 cm³/mol. The van der Waals surface area contributed by atoms with Gasteiger partial charge in [0.25, 0.3) is 0 Å².